The molecule has 168 valence electrons. The van der Waals surface area contributed by atoms with Crippen molar-refractivity contribution in [2.24, 2.45) is 35.5 Å². The molecule has 0 aromatic heterocycles. The van der Waals surface area contributed by atoms with Crippen molar-refractivity contribution in [1.82, 2.24) is 10.2 Å². The van der Waals surface area contributed by atoms with Crippen LogP contribution in [-0.4, -0.2) is 42.9 Å². The second-order valence-corrected chi connectivity index (χ2v) is 10.8. The van der Waals surface area contributed by atoms with E-state index in [1.165, 1.54) is 51.5 Å². The number of nitrogens with one attached hydrogen (secondary N) is 1. The van der Waals surface area contributed by atoms with Gasteiger partial charge in [0.05, 0.1) is 0 Å². The van der Waals surface area contributed by atoms with E-state index in [9.17, 15) is 5.11 Å². The zero-order valence-electron chi connectivity index (χ0n) is 20.4. The van der Waals surface area contributed by atoms with Gasteiger partial charge in [0.2, 0.25) is 0 Å². The molecule has 0 radical (unpaired) electrons. The summed E-state index contributed by atoms with van der Waals surface area (Å²) in [4.78, 5) is 2.31. The zero-order chi connectivity index (χ0) is 21.3. The van der Waals surface area contributed by atoms with Crippen molar-refractivity contribution in [3.05, 3.63) is 0 Å². The van der Waals surface area contributed by atoms with E-state index < -0.39 is 0 Å². The van der Waals surface area contributed by atoms with Crippen LogP contribution < -0.4 is 5.32 Å². The summed E-state index contributed by atoms with van der Waals surface area (Å²) in [5.74, 6) is 4.19. The van der Waals surface area contributed by atoms with Crippen LogP contribution in [0.4, 0.5) is 0 Å². The predicted molar refractivity (Wildman–Crippen MR) is 123 cm³/mol. The number of hydrogen-bond donors (Lipinski definition) is 2. The monoisotopic (exact) mass is 396 g/mol. The molecule has 1 rings (SSSR count). The third-order valence-corrected chi connectivity index (χ3v) is 7.22. The highest BCUT2D eigenvalue weighted by atomic mass is 16.3. The second-order valence-electron chi connectivity index (χ2n) is 10.8. The summed E-state index contributed by atoms with van der Waals surface area (Å²) in [7, 11) is 4.36. The summed E-state index contributed by atoms with van der Waals surface area (Å²) in [6.07, 6.45) is 9.71. The van der Waals surface area contributed by atoms with Crippen LogP contribution in [0.5, 0.6) is 0 Å². The molecule has 0 amide bonds. The Morgan fingerprint density at radius 1 is 1.04 bits per heavy atom. The van der Waals surface area contributed by atoms with Crippen molar-refractivity contribution < 1.29 is 5.11 Å². The van der Waals surface area contributed by atoms with Gasteiger partial charge in [-0.3, -0.25) is 5.32 Å². The van der Waals surface area contributed by atoms with Crippen molar-refractivity contribution >= 4 is 0 Å². The van der Waals surface area contributed by atoms with Gasteiger partial charge in [0, 0.05) is 12.0 Å². The Morgan fingerprint density at radius 2 is 1.71 bits per heavy atom. The molecule has 3 nitrogen and oxygen atoms in total. The summed E-state index contributed by atoms with van der Waals surface area (Å²) in [6, 6.07) is 0.515. The molecule has 3 heteroatoms. The highest BCUT2D eigenvalue weighted by molar-refractivity contribution is 4.88. The lowest BCUT2D eigenvalue weighted by Gasteiger charge is -2.36. The largest absolute Gasteiger partial charge is 0.378 e. The first-order chi connectivity index (χ1) is 13.1. The van der Waals surface area contributed by atoms with Crippen molar-refractivity contribution in [3.8, 4) is 0 Å². The molecule has 0 aromatic rings. The zero-order valence-corrected chi connectivity index (χ0v) is 20.4. The highest BCUT2D eigenvalue weighted by Crippen LogP contribution is 2.39. The molecule has 0 aliphatic carbocycles. The van der Waals surface area contributed by atoms with E-state index in [4.69, 9.17) is 0 Å². The molecule has 0 aromatic carbocycles. The van der Waals surface area contributed by atoms with E-state index in [-0.39, 0.29) is 6.23 Å². The normalized spacial score (nSPS) is 26.4. The van der Waals surface area contributed by atoms with Crippen LogP contribution in [0, 0.1) is 35.5 Å². The number of rotatable bonds is 14. The lowest BCUT2D eigenvalue weighted by atomic mass is 9.70. The molecular formula is C25H52N2O. The standard InChI is InChI=1S/C25H52N2O/c1-9-11-21(20(6)24(19(4)5)12-10-15-27(7)8)16-22-17-23(26-25(22)28)14-13-18(2)3/h18-26,28H,9-17H2,1-8H3/t20?,21?,22?,23-,24?,25?/m0/s1. The summed E-state index contributed by atoms with van der Waals surface area (Å²) >= 11 is 0. The van der Waals surface area contributed by atoms with Gasteiger partial charge in [0.25, 0.3) is 0 Å². The van der Waals surface area contributed by atoms with E-state index in [2.05, 4.69) is 65.9 Å². The lowest BCUT2D eigenvalue weighted by Crippen LogP contribution is -2.33. The minimum Gasteiger partial charge on any atom is -0.378 e. The Kier molecular flexibility index (Phi) is 12.3. The highest BCUT2D eigenvalue weighted by Gasteiger charge is 2.36. The van der Waals surface area contributed by atoms with E-state index in [0.29, 0.717) is 12.0 Å². The summed E-state index contributed by atoms with van der Waals surface area (Å²) in [5.41, 5.74) is 0. The van der Waals surface area contributed by atoms with Gasteiger partial charge in [-0.1, -0.05) is 54.4 Å². The maximum atomic E-state index is 10.7. The number of aliphatic hydroxyl groups excluding tert-OH is 1. The van der Waals surface area contributed by atoms with Gasteiger partial charge in [-0.25, -0.2) is 0 Å². The van der Waals surface area contributed by atoms with Crippen molar-refractivity contribution in [3.63, 3.8) is 0 Å². The maximum absolute atomic E-state index is 10.7. The molecule has 1 aliphatic rings. The minimum absolute atomic E-state index is 0.296. The van der Waals surface area contributed by atoms with Crippen LogP contribution in [0.15, 0.2) is 0 Å². The van der Waals surface area contributed by atoms with E-state index in [1.807, 2.05) is 0 Å². The Bertz CT molecular complexity index is 396. The third kappa shape index (κ3) is 9.13. The fourth-order valence-corrected chi connectivity index (χ4v) is 5.45. The van der Waals surface area contributed by atoms with Crippen LogP contribution in [0.3, 0.4) is 0 Å². The molecule has 6 atom stereocenters. The molecule has 1 heterocycles. The van der Waals surface area contributed by atoms with Crippen LogP contribution in [-0.2, 0) is 0 Å². The lowest BCUT2D eigenvalue weighted by molar-refractivity contribution is 0.0756. The van der Waals surface area contributed by atoms with Gasteiger partial charge in [0.1, 0.15) is 6.23 Å². The van der Waals surface area contributed by atoms with Gasteiger partial charge < -0.3 is 10.0 Å². The van der Waals surface area contributed by atoms with Crippen LogP contribution >= 0.6 is 0 Å². The summed E-state index contributed by atoms with van der Waals surface area (Å²) in [5, 5.41) is 14.2. The molecule has 1 aliphatic heterocycles. The van der Waals surface area contributed by atoms with Crippen molar-refractivity contribution in [2.75, 3.05) is 20.6 Å². The molecule has 0 bridgehead atoms. The fourth-order valence-electron chi connectivity index (χ4n) is 5.45. The second kappa shape index (κ2) is 13.2. The van der Waals surface area contributed by atoms with Crippen LogP contribution in [0.2, 0.25) is 0 Å². The molecular weight excluding hydrogens is 344 g/mol. The van der Waals surface area contributed by atoms with E-state index >= 15 is 0 Å². The number of nitrogens with zero attached hydrogens (tertiary/aromatic N) is 1. The quantitative estimate of drug-likeness (QED) is 0.391. The third-order valence-electron chi connectivity index (χ3n) is 7.22. The summed E-state index contributed by atoms with van der Waals surface area (Å²) in [6.45, 7) is 15.4. The molecule has 5 unspecified atom stereocenters. The number of aliphatic hydroxyl groups is 1. The van der Waals surface area contributed by atoms with Gasteiger partial charge in [-0.2, -0.15) is 0 Å². The van der Waals surface area contributed by atoms with Crippen molar-refractivity contribution in [1.29, 1.82) is 0 Å². The topological polar surface area (TPSA) is 35.5 Å². The van der Waals surface area contributed by atoms with Gasteiger partial charge in [-0.15, -0.1) is 0 Å². The molecule has 1 fully saturated rings. The first kappa shape index (κ1) is 25.9. The van der Waals surface area contributed by atoms with Gasteiger partial charge in [-0.05, 0) is 88.8 Å². The Balaban J connectivity index is 2.68. The number of hydrogen-bond acceptors (Lipinski definition) is 3. The van der Waals surface area contributed by atoms with E-state index in [1.54, 1.807) is 0 Å². The molecule has 28 heavy (non-hydrogen) atoms. The van der Waals surface area contributed by atoms with Gasteiger partial charge in [0.15, 0.2) is 0 Å². The van der Waals surface area contributed by atoms with E-state index in [0.717, 1.165) is 36.0 Å². The molecule has 1 saturated heterocycles. The Labute approximate surface area is 177 Å². The fraction of sp³-hybridized carbons (Fsp3) is 1.00. The average molecular weight is 397 g/mol. The molecule has 0 spiro atoms. The minimum atomic E-state index is -0.296. The van der Waals surface area contributed by atoms with Gasteiger partial charge >= 0.3 is 0 Å². The first-order valence-corrected chi connectivity index (χ1v) is 12.2. The summed E-state index contributed by atoms with van der Waals surface area (Å²) < 4.78 is 0. The van der Waals surface area contributed by atoms with Crippen molar-refractivity contribution in [2.45, 2.75) is 105 Å². The SMILES string of the molecule is CCCC(CC1C[C@H](CCC(C)C)NC1O)C(C)C(CCCN(C)C)C(C)C. The van der Waals surface area contributed by atoms with Crippen LogP contribution in [0.1, 0.15) is 92.9 Å². The predicted octanol–water partition coefficient (Wildman–Crippen LogP) is 5.78. The Morgan fingerprint density at radius 3 is 2.25 bits per heavy atom. The average Bonchev–Trinajstić information content (AvgIpc) is 2.95. The maximum Gasteiger partial charge on any atom is 0.108 e. The first-order valence-electron chi connectivity index (χ1n) is 12.2. The Hall–Kier alpha value is -0.120. The smallest absolute Gasteiger partial charge is 0.108 e. The van der Waals surface area contributed by atoms with Crippen LogP contribution in [0.25, 0.3) is 0 Å². The molecule has 0 saturated carbocycles. The molecule has 2 N–H and O–H groups in total.